The van der Waals surface area contributed by atoms with Crippen LogP contribution in [0.3, 0.4) is 0 Å². The number of fused-ring (bicyclic) bond motifs is 1. The summed E-state index contributed by atoms with van der Waals surface area (Å²) >= 11 is 0. The van der Waals surface area contributed by atoms with Gasteiger partial charge in [0.15, 0.2) is 5.65 Å². The number of aromatic nitrogens is 3. The number of nitrogens with zero attached hydrogens (tertiary/aromatic N) is 3. The van der Waals surface area contributed by atoms with Gasteiger partial charge >= 0.3 is 0 Å². The largest absolute Gasteiger partial charge is 0.389 e. The fourth-order valence-electron chi connectivity index (χ4n) is 3.65. The zero-order chi connectivity index (χ0) is 16.5. The fraction of sp³-hybridized carbons (Fsp3) is 0.667. The van der Waals surface area contributed by atoms with Crippen molar-refractivity contribution in [3.63, 3.8) is 0 Å². The Morgan fingerprint density at radius 3 is 2.74 bits per heavy atom. The van der Waals surface area contributed by atoms with Gasteiger partial charge in [0.25, 0.3) is 0 Å². The van der Waals surface area contributed by atoms with Crippen LogP contribution in [-0.2, 0) is 6.54 Å². The highest BCUT2D eigenvalue weighted by molar-refractivity contribution is 5.36. The van der Waals surface area contributed by atoms with Gasteiger partial charge in [-0.1, -0.05) is 20.8 Å². The third kappa shape index (κ3) is 3.72. The summed E-state index contributed by atoms with van der Waals surface area (Å²) < 4.78 is 2.03. The molecule has 3 rings (SSSR count). The van der Waals surface area contributed by atoms with Crippen LogP contribution < -0.4 is 5.32 Å². The lowest BCUT2D eigenvalue weighted by atomic mass is 9.68. The Labute approximate surface area is 138 Å². The van der Waals surface area contributed by atoms with Crippen molar-refractivity contribution in [2.24, 2.45) is 11.3 Å². The van der Waals surface area contributed by atoms with E-state index in [4.69, 9.17) is 0 Å². The summed E-state index contributed by atoms with van der Waals surface area (Å²) in [6.45, 7) is 8.26. The zero-order valence-electron chi connectivity index (χ0n) is 14.4. The van der Waals surface area contributed by atoms with E-state index in [1.807, 2.05) is 16.8 Å². The molecule has 0 bridgehead atoms. The van der Waals surface area contributed by atoms with E-state index >= 15 is 0 Å². The minimum atomic E-state index is -0.566. The van der Waals surface area contributed by atoms with Crippen LogP contribution in [0, 0.1) is 11.3 Å². The third-order valence-electron chi connectivity index (χ3n) is 5.30. The Kier molecular flexibility index (Phi) is 4.43. The molecule has 0 unspecified atom stereocenters. The molecule has 2 N–H and O–H groups in total. The van der Waals surface area contributed by atoms with Crippen LogP contribution in [0.2, 0.25) is 0 Å². The van der Waals surface area contributed by atoms with Crippen molar-refractivity contribution >= 4 is 5.65 Å². The highest BCUT2D eigenvalue weighted by Gasteiger charge is 2.36. The topological polar surface area (TPSA) is 62.5 Å². The average Bonchev–Trinajstić information content (AvgIpc) is 2.90. The van der Waals surface area contributed by atoms with Crippen LogP contribution in [-0.4, -0.2) is 31.6 Å². The molecule has 0 atom stereocenters. The molecule has 0 aromatic carbocycles. The number of rotatable bonds is 4. The molecule has 0 amide bonds. The average molecular weight is 316 g/mol. The molecule has 1 fully saturated rings. The Bertz CT molecular complexity index is 650. The van der Waals surface area contributed by atoms with Gasteiger partial charge in [-0.25, -0.2) is 4.98 Å². The first-order chi connectivity index (χ1) is 10.9. The summed E-state index contributed by atoms with van der Waals surface area (Å²) in [6, 6.07) is 0. The first-order valence-corrected chi connectivity index (χ1v) is 8.56. The molecule has 23 heavy (non-hydrogen) atoms. The van der Waals surface area contributed by atoms with Crippen molar-refractivity contribution in [1.29, 1.82) is 0 Å². The highest BCUT2D eigenvalue weighted by Crippen LogP contribution is 2.41. The van der Waals surface area contributed by atoms with Gasteiger partial charge in [0.2, 0.25) is 0 Å². The number of hydrogen-bond donors (Lipinski definition) is 2. The summed E-state index contributed by atoms with van der Waals surface area (Å²) in [4.78, 5) is 8.41. The van der Waals surface area contributed by atoms with E-state index in [9.17, 15) is 5.11 Å². The van der Waals surface area contributed by atoms with Crippen molar-refractivity contribution in [3.8, 4) is 0 Å². The predicted octanol–water partition coefficient (Wildman–Crippen LogP) is 2.79. The van der Waals surface area contributed by atoms with Crippen molar-refractivity contribution in [2.45, 2.75) is 58.6 Å². The van der Waals surface area contributed by atoms with Crippen molar-refractivity contribution in [1.82, 2.24) is 19.7 Å². The van der Waals surface area contributed by atoms with E-state index in [1.54, 1.807) is 12.4 Å². The lowest BCUT2D eigenvalue weighted by molar-refractivity contribution is -0.0240. The first-order valence-electron chi connectivity index (χ1n) is 8.56. The summed E-state index contributed by atoms with van der Waals surface area (Å²) in [7, 11) is 0. The highest BCUT2D eigenvalue weighted by atomic mass is 16.3. The second-order valence-corrected chi connectivity index (χ2v) is 8.02. The molecule has 0 spiro atoms. The number of imidazole rings is 1. The van der Waals surface area contributed by atoms with E-state index in [-0.39, 0.29) is 0 Å². The maximum absolute atomic E-state index is 10.8. The molecule has 2 heterocycles. The molecular formula is C18H28N4O. The van der Waals surface area contributed by atoms with Crippen LogP contribution >= 0.6 is 0 Å². The van der Waals surface area contributed by atoms with Gasteiger partial charge in [-0.05, 0) is 37.0 Å². The summed E-state index contributed by atoms with van der Waals surface area (Å²) in [5.74, 6) is 0.717. The van der Waals surface area contributed by atoms with Crippen LogP contribution in [0.4, 0.5) is 0 Å². The maximum Gasteiger partial charge on any atom is 0.155 e. The molecule has 126 valence electrons. The van der Waals surface area contributed by atoms with Gasteiger partial charge in [0.05, 0.1) is 23.7 Å². The van der Waals surface area contributed by atoms with Gasteiger partial charge < -0.3 is 10.4 Å². The molecule has 0 aliphatic heterocycles. The van der Waals surface area contributed by atoms with Crippen molar-refractivity contribution in [3.05, 3.63) is 30.5 Å². The van der Waals surface area contributed by atoms with E-state index in [0.29, 0.717) is 24.4 Å². The molecule has 5 heteroatoms. The minimum Gasteiger partial charge on any atom is -0.389 e. The Hall–Kier alpha value is -1.46. The van der Waals surface area contributed by atoms with E-state index < -0.39 is 5.60 Å². The second kappa shape index (κ2) is 6.21. The maximum atomic E-state index is 10.8. The molecule has 1 aliphatic rings. The number of nitrogens with one attached hydrogen (secondary N) is 1. The van der Waals surface area contributed by atoms with E-state index in [0.717, 1.165) is 37.0 Å². The molecular weight excluding hydrogens is 288 g/mol. The summed E-state index contributed by atoms with van der Waals surface area (Å²) in [5, 5.41) is 14.2. The zero-order valence-corrected chi connectivity index (χ0v) is 14.4. The predicted molar refractivity (Wildman–Crippen MR) is 91.1 cm³/mol. The lowest BCUT2D eigenvalue weighted by Crippen LogP contribution is -2.44. The smallest absolute Gasteiger partial charge is 0.155 e. The monoisotopic (exact) mass is 316 g/mol. The van der Waals surface area contributed by atoms with Gasteiger partial charge in [-0.15, -0.1) is 0 Å². The normalized spacial score (nSPS) is 25.8. The van der Waals surface area contributed by atoms with Crippen LogP contribution in [0.15, 0.2) is 24.8 Å². The number of hydrogen-bond acceptors (Lipinski definition) is 4. The molecule has 5 nitrogen and oxygen atoms in total. The molecule has 1 saturated carbocycles. The summed E-state index contributed by atoms with van der Waals surface area (Å²) in [6.07, 6.45) is 11.3. The van der Waals surface area contributed by atoms with E-state index in [1.165, 1.54) is 0 Å². The SMILES string of the molecule is CC(C)(C)C1CCC(O)(CNCc2cnc3cnccn23)CC1. The van der Waals surface area contributed by atoms with Crippen LogP contribution in [0.5, 0.6) is 0 Å². The molecule has 0 saturated heterocycles. The minimum absolute atomic E-state index is 0.347. The molecule has 1 aliphatic carbocycles. The van der Waals surface area contributed by atoms with Gasteiger partial charge in [0, 0.05) is 25.5 Å². The summed E-state index contributed by atoms with van der Waals surface area (Å²) in [5.41, 5.74) is 1.73. The lowest BCUT2D eigenvalue weighted by Gasteiger charge is -2.41. The standard InChI is InChI=1S/C18H28N4O/c1-17(2,3)14-4-6-18(23,7-5-14)13-20-10-15-11-21-16-12-19-8-9-22(15)16/h8-9,11-12,14,20,23H,4-7,10,13H2,1-3H3. The van der Waals surface area contributed by atoms with Gasteiger partial charge in [-0.2, -0.15) is 0 Å². The fourth-order valence-corrected chi connectivity index (χ4v) is 3.65. The Morgan fingerprint density at radius 2 is 2.04 bits per heavy atom. The first kappa shape index (κ1) is 16.4. The molecule has 2 aromatic heterocycles. The quantitative estimate of drug-likeness (QED) is 0.910. The Balaban J connectivity index is 1.53. The van der Waals surface area contributed by atoms with Gasteiger partial charge in [-0.3, -0.25) is 9.38 Å². The third-order valence-corrected chi connectivity index (χ3v) is 5.30. The van der Waals surface area contributed by atoms with Gasteiger partial charge in [0.1, 0.15) is 0 Å². The Morgan fingerprint density at radius 1 is 1.30 bits per heavy atom. The molecule has 2 aromatic rings. The van der Waals surface area contributed by atoms with Crippen LogP contribution in [0.25, 0.3) is 5.65 Å². The van der Waals surface area contributed by atoms with Crippen molar-refractivity contribution in [2.75, 3.05) is 6.54 Å². The van der Waals surface area contributed by atoms with Crippen molar-refractivity contribution < 1.29 is 5.11 Å². The second-order valence-electron chi connectivity index (χ2n) is 8.02. The van der Waals surface area contributed by atoms with Crippen LogP contribution in [0.1, 0.15) is 52.1 Å². The van der Waals surface area contributed by atoms with E-state index in [2.05, 4.69) is 36.1 Å². The number of aliphatic hydroxyl groups is 1. The molecule has 0 radical (unpaired) electrons.